The third-order valence-electron chi connectivity index (χ3n) is 2.13. The van der Waals surface area contributed by atoms with Crippen molar-refractivity contribution in [2.75, 3.05) is 6.54 Å². The summed E-state index contributed by atoms with van der Waals surface area (Å²) >= 11 is 0. The maximum absolute atomic E-state index is 11.2. The zero-order valence-corrected chi connectivity index (χ0v) is 9.46. The molecule has 0 heterocycles. The number of rotatable bonds is 8. The molecule has 3 nitrogen and oxygen atoms in total. The van der Waals surface area contributed by atoms with E-state index in [0.717, 1.165) is 32.1 Å². The second kappa shape index (κ2) is 9.54. The third-order valence-corrected chi connectivity index (χ3v) is 2.13. The van der Waals surface area contributed by atoms with E-state index < -0.39 is 6.10 Å². The van der Waals surface area contributed by atoms with Gasteiger partial charge in [-0.3, -0.25) is 4.79 Å². The molecule has 0 bridgehead atoms. The molecular weight excluding hydrogens is 190 g/mol. The van der Waals surface area contributed by atoms with Crippen LogP contribution in [0, 0.1) is 12.3 Å². The first-order valence-corrected chi connectivity index (χ1v) is 5.59. The van der Waals surface area contributed by atoms with Gasteiger partial charge in [0, 0.05) is 19.4 Å². The summed E-state index contributed by atoms with van der Waals surface area (Å²) in [4.78, 5) is 11.2. The lowest BCUT2D eigenvalue weighted by atomic mass is 10.2. The van der Waals surface area contributed by atoms with E-state index in [4.69, 9.17) is 6.42 Å². The van der Waals surface area contributed by atoms with Crippen LogP contribution in [0.2, 0.25) is 0 Å². The molecule has 0 aliphatic carbocycles. The van der Waals surface area contributed by atoms with Gasteiger partial charge >= 0.3 is 0 Å². The van der Waals surface area contributed by atoms with Gasteiger partial charge in [0.1, 0.15) is 0 Å². The standard InChI is InChI=1S/C12H21NO2/c1-3-5-6-7-9-12(15)13-10-11(14)8-4-2/h1,11,14H,4-10H2,2H3,(H,13,15). The van der Waals surface area contributed by atoms with Gasteiger partial charge in [0.05, 0.1) is 6.10 Å². The van der Waals surface area contributed by atoms with Crippen LogP contribution in [-0.4, -0.2) is 23.7 Å². The van der Waals surface area contributed by atoms with Crippen LogP contribution in [0.1, 0.15) is 45.4 Å². The average Bonchev–Trinajstić information content (AvgIpc) is 2.22. The number of carbonyl (C=O) groups is 1. The van der Waals surface area contributed by atoms with Crippen molar-refractivity contribution in [2.45, 2.75) is 51.6 Å². The zero-order chi connectivity index (χ0) is 11.5. The fraction of sp³-hybridized carbons (Fsp3) is 0.750. The predicted molar refractivity (Wildman–Crippen MR) is 61.2 cm³/mol. The molecule has 86 valence electrons. The highest BCUT2D eigenvalue weighted by Gasteiger charge is 2.05. The molecule has 0 aliphatic rings. The Hall–Kier alpha value is -1.01. The van der Waals surface area contributed by atoms with Gasteiger partial charge in [0.2, 0.25) is 5.91 Å². The molecule has 0 aromatic carbocycles. The van der Waals surface area contributed by atoms with Crippen LogP contribution >= 0.6 is 0 Å². The Bertz CT molecular complexity index is 208. The van der Waals surface area contributed by atoms with Gasteiger partial charge in [0.15, 0.2) is 0 Å². The molecule has 0 radical (unpaired) electrons. The monoisotopic (exact) mass is 211 g/mol. The average molecular weight is 211 g/mol. The SMILES string of the molecule is C#CCCCCC(=O)NCC(O)CCC. The van der Waals surface area contributed by atoms with Crippen molar-refractivity contribution in [1.29, 1.82) is 0 Å². The number of amides is 1. The van der Waals surface area contributed by atoms with E-state index in [1.165, 1.54) is 0 Å². The molecule has 0 aromatic heterocycles. The molecule has 0 rings (SSSR count). The van der Waals surface area contributed by atoms with E-state index in [1.54, 1.807) is 0 Å². The van der Waals surface area contributed by atoms with Crippen LogP contribution in [0.4, 0.5) is 0 Å². The van der Waals surface area contributed by atoms with Crippen LogP contribution in [0.25, 0.3) is 0 Å². The summed E-state index contributed by atoms with van der Waals surface area (Å²) in [5.74, 6) is 2.54. The normalized spacial score (nSPS) is 11.8. The minimum Gasteiger partial charge on any atom is -0.391 e. The number of hydrogen-bond acceptors (Lipinski definition) is 2. The molecule has 1 unspecified atom stereocenters. The van der Waals surface area contributed by atoms with Gasteiger partial charge < -0.3 is 10.4 Å². The minimum absolute atomic E-state index is 0.00201. The molecule has 0 saturated heterocycles. The summed E-state index contributed by atoms with van der Waals surface area (Å²) in [5.41, 5.74) is 0. The van der Waals surface area contributed by atoms with E-state index in [1.807, 2.05) is 6.92 Å². The number of hydrogen-bond donors (Lipinski definition) is 2. The van der Waals surface area contributed by atoms with Gasteiger partial charge in [-0.2, -0.15) is 0 Å². The van der Waals surface area contributed by atoms with Gasteiger partial charge in [-0.25, -0.2) is 0 Å². The van der Waals surface area contributed by atoms with Gasteiger partial charge in [-0.15, -0.1) is 12.3 Å². The van der Waals surface area contributed by atoms with E-state index in [0.29, 0.717) is 13.0 Å². The topological polar surface area (TPSA) is 49.3 Å². The van der Waals surface area contributed by atoms with Crippen LogP contribution in [0.3, 0.4) is 0 Å². The van der Waals surface area contributed by atoms with Gasteiger partial charge in [-0.05, 0) is 19.3 Å². The number of nitrogens with one attached hydrogen (secondary N) is 1. The fourth-order valence-electron chi connectivity index (χ4n) is 1.27. The first kappa shape index (κ1) is 14.0. The molecule has 2 N–H and O–H groups in total. The summed E-state index contributed by atoms with van der Waals surface area (Å²) in [6.07, 6.45) is 9.28. The number of aliphatic hydroxyl groups is 1. The summed E-state index contributed by atoms with van der Waals surface area (Å²) in [5, 5.41) is 12.1. The van der Waals surface area contributed by atoms with Crippen molar-refractivity contribution in [1.82, 2.24) is 5.32 Å². The number of aliphatic hydroxyl groups excluding tert-OH is 1. The lowest BCUT2D eigenvalue weighted by Gasteiger charge is -2.10. The second-order valence-electron chi connectivity index (χ2n) is 3.66. The Morgan fingerprint density at radius 1 is 1.53 bits per heavy atom. The molecule has 0 aliphatic heterocycles. The van der Waals surface area contributed by atoms with Gasteiger partial charge in [-0.1, -0.05) is 13.3 Å². The molecule has 3 heteroatoms. The van der Waals surface area contributed by atoms with Crippen molar-refractivity contribution < 1.29 is 9.90 Å². The third kappa shape index (κ3) is 9.30. The Balaban J connectivity index is 3.37. The minimum atomic E-state index is -0.412. The largest absolute Gasteiger partial charge is 0.391 e. The molecule has 0 spiro atoms. The Kier molecular flexibility index (Phi) is 8.90. The smallest absolute Gasteiger partial charge is 0.220 e. The van der Waals surface area contributed by atoms with E-state index in [2.05, 4.69) is 11.2 Å². The second-order valence-corrected chi connectivity index (χ2v) is 3.66. The first-order valence-electron chi connectivity index (χ1n) is 5.59. The Labute approximate surface area is 92.3 Å². The first-order chi connectivity index (χ1) is 7.20. The molecule has 0 fully saturated rings. The molecular formula is C12H21NO2. The highest BCUT2D eigenvalue weighted by molar-refractivity contribution is 5.75. The van der Waals surface area contributed by atoms with E-state index in [-0.39, 0.29) is 5.91 Å². The molecule has 1 amide bonds. The lowest BCUT2D eigenvalue weighted by Crippen LogP contribution is -2.31. The summed E-state index contributed by atoms with van der Waals surface area (Å²) in [7, 11) is 0. The van der Waals surface area contributed by atoms with Crippen LogP contribution in [0.15, 0.2) is 0 Å². The van der Waals surface area contributed by atoms with Crippen LogP contribution in [-0.2, 0) is 4.79 Å². The van der Waals surface area contributed by atoms with Crippen molar-refractivity contribution in [3.63, 3.8) is 0 Å². The highest BCUT2D eigenvalue weighted by Crippen LogP contribution is 1.99. The lowest BCUT2D eigenvalue weighted by molar-refractivity contribution is -0.121. The maximum Gasteiger partial charge on any atom is 0.220 e. The van der Waals surface area contributed by atoms with Crippen molar-refractivity contribution in [3.05, 3.63) is 0 Å². The van der Waals surface area contributed by atoms with Crippen LogP contribution in [0.5, 0.6) is 0 Å². The quantitative estimate of drug-likeness (QED) is 0.471. The Morgan fingerprint density at radius 3 is 2.87 bits per heavy atom. The summed E-state index contributed by atoms with van der Waals surface area (Å²) in [6.45, 7) is 2.37. The van der Waals surface area contributed by atoms with Crippen molar-refractivity contribution in [3.8, 4) is 12.3 Å². The van der Waals surface area contributed by atoms with Crippen LogP contribution < -0.4 is 5.32 Å². The molecule has 0 aromatic rings. The highest BCUT2D eigenvalue weighted by atomic mass is 16.3. The number of carbonyl (C=O) groups excluding carboxylic acids is 1. The molecule has 0 saturated carbocycles. The molecule has 1 atom stereocenters. The number of terminal acetylenes is 1. The maximum atomic E-state index is 11.2. The number of unbranched alkanes of at least 4 members (excludes halogenated alkanes) is 2. The van der Waals surface area contributed by atoms with E-state index >= 15 is 0 Å². The van der Waals surface area contributed by atoms with Gasteiger partial charge in [0.25, 0.3) is 0 Å². The van der Waals surface area contributed by atoms with E-state index in [9.17, 15) is 9.90 Å². The zero-order valence-electron chi connectivity index (χ0n) is 9.46. The fourth-order valence-corrected chi connectivity index (χ4v) is 1.27. The summed E-state index contributed by atoms with van der Waals surface area (Å²) < 4.78 is 0. The van der Waals surface area contributed by atoms with Crippen molar-refractivity contribution >= 4 is 5.91 Å². The molecule has 15 heavy (non-hydrogen) atoms. The predicted octanol–water partition coefficient (Wildman–Crippen LogP) is 1.46. The summed E-state index contributed by atoms with van der Waals surface area (Å²) in [6, 6.07) is 0. The Morgan fingerprint density at radius 2 is 2.27 bits per heavy atom. The van der Waals surface area contributed by atoms with Crippen molar-refractivity contribution in [2.24, 2.45) is 0 Å².